The summed E-state index contributed by atoms with van der Waals surface area (Å²) < 4.78 is 34.7. The minimum Gasteiger partial charge on any atom is -0.493 e. The van der Waals surface area contributed by atoms with Crippen LogP contribution in [0.15, 0.2) is 18.2 Å². The van der Waals surface area contributed by atoms with Gasteiger partial charge in [0.2, 0.25) is 5.91 Å². The molecule has 5 nitrogen and oxygen atoms in total. The summed E-state index contributed by atoms with van der Waals surface area (Å²) in [5, 5.41) is 2.55. The number of nitrogens with one attached hydrogen (secondary N) is 1. The molecule has 0 bridgehead atoms. The molecule has 0 aromatic heterocycles. The molecular weight excluding hydrogens is 318 g/mol. The highest BCUT2D eigenvalue weighted by Crippen LogP contribution is 2.26. The number of hydrogen-bond acceptors (Lipinski definition) is 4. The second kappa shape index (κ2) is 10.2. The van der Waals surface area contributed by atoms with Crippen molar-refractivity contribution in [2.24, 2.45) is 5.73 Å². The van der Waals surface area contributed by atoms with Gasteiger partial charge in [-0.3, -0.25) is 4.79 Å². The Labute approximate surface area is 134 Å². The molecule has 0 aliphatic carbocycles. The van der Waals surface area contributed by atoms with Crippen LogP contribution in [0.2, 0.25) is 0 Å². The molecule has 1 amide bonds. The Bertz CT molecular complexity index is 473. The Morgan fingerprint density at radius 3 is 2.64 bits per heavy atom. The predicted octanol–water partition coefficient (Wildman–Crippen LogP) is 2.46. The van der Waals surface area contributed by atoms with Crippen LogP contribution < -0.4 is 20.5 Å². The van der Waals surface area contributed by atoms with Crippen molar-refractivity contribution in [3.63, 3.8) is 0 Å². The van der Waals surface area contributed by atoms with Gasteiger partial charge in [0.15, 0.2) is 0 Å². The predicted molar refractivity (Wildman–Crippen MR) is 81.6 cm³/mol. The molecule has 126 valence electrons. The Hall–Kier alpha value is -1.60. The highest BCUT2D eigenvalue weighted by molar-refractivity contribution is 5.85. The Kier molecular flexibility index (Phi) is 9.44. The SMILES string of the molecule is CCCOc1ccc(CNC(=O)[C@H](C)N)c(OC(F)F)c1.Cl. The van der Waals surface area contributed by atoms with Gasteiger partial charge in [0, 0.05) is 18.2 Å². The third-order valence-corrected chi connectivity index (χ3v) is 2.59. The molecule has 1 atom stereocenters. The zero-order valence-corrected chi connectivity index (χ0v) is 13.3. The van der Waals surface area contributed by atoms with E-state index in [1.54, 1.807) is 12.1 Å². The van der Waals surface area contributed by atoms with Crippen molar-refractivity contribution < 1.29 is 23.0 Å². The first-order valence-electron chi connectivity index (χ1n) is 6.67. The number of carbonyl (C=O) groups is 1. The zero-order chi connectivity index (χ0) is 15.8. The van der Waals surface area contributed by atoms with E-state index in [0.29, 0.717) is 17.9 Å². The van der Waals surface area contributed by atoms with Crippen LogP contribution in [0.5, 0.6) is 11.5 Å². The van der Waals surface area contributed by atoms with Gasteiger partial charge in [-0.25, -0.2) is 0 Å². The number of amides is 1. The lowest BCUT2D eigenvalue weighted by molar-refractivity contribution is -0.122. The summed E-state index contributed by atoms with van der Waals surface area (Å²) in [6, 6.07) is 3.93. The summed E-state index contributed by atoms with van der Waals surface area (Å²) in [6.45, 7) is 1.06. The third kappa shape index (κ3) is 6.91. The molecule has 0 aliphatic rings. The van der Waals surface area contributed by atoms with Gasteiger partial charge < -0.3 is 20.5 Å². The number of alkyl halides is 2. The monoisotopic (exact) mass is 338 g/mol. The van der Waals surface area contributed by atoms with E-state index < -0.39 is 12.7 Å². The van der Waals surface area contributed by atoms with Crippen LogP contribution in [0.25, 0.3) is 0 Å². The van der Waals surface area contributed by atoms with Crippen LogP contribution in [0.1, 0.15) is 25.8 Å². The van der Waals surface area contributed by atoms with E-state index in [2.05, 4.69) is 10.1 Å². The van der Waals surface area contributed by atoms with Crippen molar-refractivity contribution in [3.05, 3.63) is 23.8 Å². The molecule has 22 heavy (non-hydrogen) atoms. The maximum Gasteiger partial charge on any atom is 0.387 e. The summed E-state index contributed by atoms with van der Waals surface area (Å²) in [5.74, 6) is 0.0441. The lowest BCUT2D eigenvalue weighted by Gasteiger charge is -2.14. The van der Waals surface area contributed by atoms with Crippen LogP contribution in [0, 0.1) is 0 Å². The van der Waals surface area contributed by atoms with Crippen molar-refractivity contribution in [2.45, 2.75) is 39.5 Å². The number of halogens is 3. The number of benzene rings is 1. The molecule has 1 aromatic carbocycles. The smallest absolute Gasteiger partial charge is 0.387 e. The molecule has 0 saturated heterocycles. The molecular formula is C14H21ClF2N2O3. The van der Waals surface area contributed by atoms with Crippen LogP contribution in [0.4, 0.5) is 8.78 Å². The van der Waals surface area contributed by atoms with Crippen LogP contribution in [0.3, 0.4) is 0 Å². The fraction of sp³-hybridized carbons (Fsp3) is 0.500. The van der Waals surface area contributed by atoms with Crippen LogP contribution in [-0.2, 0) is 11.3 Å². The average molecular weight is 339 g/mol. The van der Waals surface area contributed by atoms with Gasteiger partial charge in [0.25, 0.3) is 0 Å². The molecule has 0 heterocycles. The molecule has 0 spiro atoms. The van der Waals surface area contributed by atoms with E-state index in [0.717, 1.165) is 6.42 Å². The van der Waals surface area contributed by atoms with E-state index in [9.17, 15) is 13.6 Å². The van der Waals surface area contributed by atoms with Gasteiger partial charge >= 0.3 is 6.61 Å². The Morgan fingerprint density at radius 1 is 1.41 bits per heavy atom. The van der Waals surface area contributed by atoms with Crippen LogP contribution >= 0.6 is 12.4 Å². The minimum absolute atomic E-state index is 0. The Morgan fingerprint density at radius 2 is 2.09 bits per heavy atom. The quantitative estimate of drug-likeness (QED) is 0.763. The highest BCUT2D eigenvalue weighted by Gasteiger charge is 2.13. The van der Waals surface area contributed by atoms with Gasteiger partial charge in [-0.05, 0) is 25.5 Å². The fourth-order valence-corrected chi connectivity index (χ4v) is 1.54. The van der Waals surface area contributed by atoms with Crippen molar-refractivity contribution in [1.29, 1.82) is 0 Å². The van der Waals surface area contributed by atoms with E-state index in [-0.39, 0.29) is 30.6 Å². The molecule has 1 rings (SSSR count). The fourth-order valence-electron chi connectivity index (χ4n) is 1.54. The van der Waals surface area contributed by atoms with Gasteiger partial charge in [-0.2, -0.15) is 8.78 Å². The summed E-state index contributed by atoms with van der Waals surface area (Å²) in [7, 11) is 0. The van der Waals surface area contributed by atoms with E-state index in [4.69, 9.17) is 10.5 Å². The second-order valence-electron chi connectivity index (χ2n) is 4.50. The summed E-state index contributed by atoms with van der Waals surface area (Å²) in [6.07, 6.45) is 0.803. The summed E-state index contributed by atoms with van der Waals surface area (Å²) >= 11 is 0. The summed E-state index contributed by atoms with van der Waals surface area (Å²) in [4.78, 5) is 11.4. The topological polar surface area (TPSA) is 73.6 Å². The number of rotatable bonds is 8. The summed E-state index contributed by atoms with van der Waals surface area (Å²) in [5.41, 5.74) is 5.84. The number of nitrogens with two attached hydrogens (primary N) is 1. The average Bonchev–Trinajstić information content (AvgIpc) is 2.42. The van der Waals surface area contributed by atoms with Crippen LogP contribution in [-0.4, -0.2) is 25.2 Å². The highest BCUT2D eigenvalue weighted by atomic mass is 35.5. The molecule has 0 radical (unpaired) electrons. The van der Waals surface area contributed by atoms with Crippen molar-refractivity contribution >= 4 is 18.3 Å². The molecule has 8 heteroatoms. The van der Waals surface area contributed by atoms with E-state index in [1.807, 2.05) is 6.92 Å². The van der Waals surface area contributed by atoms with Gasteiger partial charge in [0.1, 0.15) is 11.5 Å². The maximum atomic E-state index is 12.4. The van der Waals surface area contributed by atoms with Crippen molar-refractivity contribution in [2.75, 3.05) is 6.61 Å². The minimum atomic E-state index is -2.95. The first-order chi connectivity index (χ1) is 9.93. The largest absolute Gasteiger partial charge is 0.493 e. The molecule has 3 N–H and O–H groups in total. The lowest BCUT2D eigenvalue weighted by atomic mass is 10.2. The zero-order valence-electron chi connectivity index (χ0n) is 12.5. The van der Waals surface area contributed by atoms with E-state index >= 15 is 0 Å². The molecule has 0 fully saturated rings. The van der Waals surface area contributed by atoms with Gasteiger partial charge in [0.05, 0.1) is 12.6 Å². The second-order valence-corrected chi connectivity index (χ2v) is 4.50. The molecule has 0 aliphatic heterocycles. The first-order valence-corrected chi connectivity index (χ1v) is 6.67. The standard InChI is InChI=1S/C14H20F2N2O3.ClH/c1-3-6-20-11-5-4-10(8-18-13(19)9(2)17)12(7-11)21-14(15)16;/h4-5,7,9,14H,3,6,8,17H2,1-2H3,(H,18,19);1H/t9-;/m0./s1. The number of hydrogen-bond donors (Lipinski definition) is 2. The normalized spacial score (nSPS) is 11.5. The Balaban J connectivity index is 0.00000441. The van der Waals surface area contributed by atoms with Crippen molar-refractivity contribution in [1.82, 2.24) is 5.32 Å². The molecule has 1 aromatic rings. The van der Waals surface area contributed by atoms with E-state index in [1.165, 1.54) is 13.0 Å². The van der Waals surface area contributed by atoms with Crippen molar-refractivity contribution in [3.8, 4) is 11.5 Å². The third-order valence-electron chi connectivity index (χ3n) is 2.59. The molecule has 0 unspecified atom stereocenters. The maximum absolute atomic E-state index is 12.4. The first kappa shape index (κ1) is 20.4. The van der Waals surface area contributed by atoms with Gasteiger partial charge in [-0.1, -0.05) is 6.92 Å². The number of carbonyl (C=O) groups excluding carboxylic acids is 1. The number of ether oxygens (including phenoxy) is 2. The van der Waals surface area contributed by atoms with Gasteiger partial charge in [-0.15, -0.1) is 12.4 Å². The molecule has 0 saturated carbocycles. The lowest BCUT2D eigenvalue weighted by Crippen LogP contribution is -2.37.